The fourth-order valence-corrected chi connectivity index (χ4v) is 1.53. The van der Waals surface area contributed by atoms with Gasteiger partial charge in [-0.05, 0) is 23.2 Å². The van der Waals surface area contributed by atoms with Crippen molar-refractivity contribution in [3.63, 3.8) is 0 Å². The number of aromatic nitrogens is 1. The normalized spacial score (nSPS) is 9.47. The Morgan fingerprint density at radius 3 is 2.84 bits per heavy atom. The quantitative estimate of drug-likeness (QED) is 0.515. The highest BCUT2D eigenvalue weighted by Crippen LogP contribution is 2.12. The van der Waals surface area contributed by atoms with Crippen LogP contribution in [0.5, 0.6) is 0 Å². The average Bonchev–Trinajstić information content (AvgIpc) is 2.46. The van der Waals surface area contributed by atoms with Crippen molar-refractivity contribution >= 4 is 11.6 Å². The van der Waals surface area contributed by atoms with Gasteiger partial charge in [0.15, 0.2) is 0 Å². The first-order valence-electron chi connectivity index (χ1n) is 5.63. The van der Waals surface area contributed by atoms with Crippen molar-refractivity contribution in [1.29, 1.82) is 0 Å². The lowest BCUT2D eigenvalue weighted by Gasteiger charge is -2.05. The second-order valence-corrected chi connectivity index (χ2v) is 3.76. The molecule has 1 N–H and O–H groups in total. The summed E-state index contributed by atoms with van der Waals surface area (Å²) in [6, 6.07) is 12.5. The van der Waals surface area contributed by atoms with E-state index in [0.717, 1.165) is 5.56 Å². The van der Waals surface area contributed by atoms with Crippen molar-refractivity contribution in [2.75, 3.05) is 0 Å². The van der Waals surface area contributed by atoms with Gasteiger partial charge in [-0.15, -0.1) is 0 Å². The molecule has 6 heteroatoms. The molecule has 6 nitrogen and oxygen atoms in total. The smallest absolute Gasteiger partial charge is 0.270 e. The highest BCUT2D eigenvalue weighted by Gasteiger charge is 2.06. The summed E-state index contributed by atoms with van der Waals surface area (Å²) in [5.74, 6) is -0.307. The first kappa shape index (κ1) is 12.6. The van der Waals surface area contributed by atoms with Gasteiger partial charge >= 0.3 is 0 Å². The molecule has 94 valence electrons. The molecule has 1 aromatic carbocycles. The molecule has 0 aliphatic carbocycles. The van der Waals surface area contributed by atoms with Crippen molar-refractivity contribution in [3.8, 4) is 0 Å². The summed E-state index contributed by atoms with van der Waals surface area (Å²) in [4.78, 5) is 18.5. The molecule has 0 bridgehead atoms. The Kier molecular flexibility index (Phi) is 4.10. The topological polar surface area (TPSA) is 90.8 Å². The summed E-state index contributed by atoms with van der Waals surface area (Å²) in [6.45, 7) is 0.424. The molecule has 2 aromatic rings. The lowest BCUT2D eigenvalue weighted by atomic mass is 10.2. The molecule has 0 saturated carbocycles. The van der Waals surface area contributed by atoms with Crippen LogP contribution in [0.4, 0.5) is 5.69 Å². The summed E-state index contributed by atoms with van der Waals surface area (Å²) < 4.78 is 0. The van der Waals surface area contributed by atoms with Gasteiger partial charge in [0.2, 0.25) is 0 Å². The SMILES string of the molecule is [N-]=[N+]=Nc1ccnc(C(=O)NCc2ccccc2)c1. The molecule has 1 aromatic heterocycles. The summed E-state index contributed by atoms with van der Waals surface area (Å²) in [5, 5.41) is 6.18. The van der Waals surface area contributed by atoms with Crippen LogP contribution in [0, 0.1) is 0 Å². The molecule has 0 fully saturated rings. The minimum absolute atomic E-state index is 0.223. The van der Waals surface area contributed by atoms with E-state index in [0.29, 0.717) is 12.2 Å². The van der Waals surface area contributed by atoms with Crippen molar-refractivity contribution in [1.82, 2.24) is 10.3 Å². The summed E-state index contributed by atoms with van der Waals surface area (Å²) in [6.07, 6.45) is 1.43. The second-order valence-electron chi connectivity index (χ2n) is 3.76. The van der Waals surface area contributed by atoms with Gasteiger partial charge in [0.25, 0.3) is 5.91 Å². The van der Waals surface area contributed by atoms with Gasteiger partial charge in [-0.1, -0.05) is 35.4 Å². The van der Waals surface area contributed by atoms with Crippen LogP contribution in [0.25, 0.3) is 10.4 Å². The minimum Gasteiger partial charge on any atom is -0.347 e. The number of rotatable bonds is 4. The van der Waals surface area contributed by atoms with Crippen LogP contribution in [0.1, 0.15) is 16.1 Å². The Hall–Kier alpha value is -2.85. The largest absolute Gasteiger partial charge is 0.347 e. The van der Waals surface area contributed by atoms with Crippen molar-refractivity contribution < 1.29 is 4.79 Å². The fraction of sp³-hybridized carbons (Fsp3) is 0.0769. The lowest BCUT2D eigenvalue weighted by molar-refractivity contribution is 0.0946. The number of carbonyl (C=O) groups excluding carboxylic acids is 1. The molecule has 0 aliphatic heterocycles. The van der Waals surface area contributed by atoms with E-state index in [1.165, 1.54) is 18.3 Å². The van der Waals surface area contributed by atoms with E-state index in [4.69, 9.17) is 5.53 Å². The van der Waals surface area contributed by atoms with Crippen LogP contribution in [-0.4, -0.2) is 10.9 Å². The van der Waals surface area contributed by atoms with Crippen LogP contribution in [0.2, 0.25) is 0 Å². The molecular weight excluding hydrogens is 242 g/mol. The Labute approximate surface area is 109 Å². The summed E-state index contributed by atoms with van der Waals surface area (Å²) >= 11 is 0. The highest BCUT2D eigenvalue weighted by molar-refractivity contribution is 5.92. The Bertz CT molecular complexity index is 620. The number of hydrogen-bond donors (Lipinski definition) is 1. The predicted molar refractivity (Wildman–Crippen MR) is 70.7 cm³/mol. The number of benzene rings is 1. The minimum atomic E-state index is -0.307. The maximum atomic E-state index is 11.9. The molecule has 0 spiro atoms. The summed E-state index contributed by atoms with van der Waals surface area (Å²) in [5.41, 5.74) is 9.93. The van der Waals surface area contributed by atoms with E-state index in [-0.39, 0.29) is 11.6 Å². The zero-order valence-corrected chi connectivity index (χ0v) is 10.0. The van der Waals surface area contributed by atoms with Crippen LogP contribution in [-0.2, 0) is 6.54 Å². The maximum Gasteiger partial charge on any atom is 0.270 e. The molecule has 0 saturated heterocycles. The van der Waals surface area contributed by atoms with Gasteiger partial charge < -0.3 is 5.32 Å². The number of nitrogens with zero attached hydrogens (tertiary/aromatic N) is 4. The third kappa shape index (κ3) is 3.55. The van der Waals surface area contributed by atoms with E-state index >= 15 is 0 Å². The Morgan fingerprint density at radius 1 is 1.32 bits per heavy atom. The van der Waals surface area contributed by atoms with Crippen LogP contribution in [0.3, 0.4) is 0 Å². The Morgan fingerprint density at radius 2 is 2.11 bits per heavy atom. The van der Waals surface area contributed by atoms with Crippen LogP contribution in [0.15, 0.2) is 53.8 Å². The van der Waals surface area contributed by atoms with E-state index < -0.39 is 0 Å². The molecule has 0 unspecified atom stereocenters. The van der Waals surface area contributed by atoms with E-state index in [9.17, 15) is 4.79 Å². The molecular formula is C13H11N5O. The molecule has 0 radical (unpaired) electrons. The maximum absolute atomic E-state index is 11.9. The third-order valence-corrected chi connectivity index (χ3v) is 2.43. The first-order valence-corrected chi connectivity index (χ1v) is 5.63. The van der Waals surface area contributed by atoms with Gasteiger partial charge in [-0.3, -0.25) is 9.78 Å². The van der Waals surface area contributed by atoms with E-state index in [1.807, 2.05) is 30.3 Å². The molecule has 2 rings (SSSR count). The van der Waals surface area contributed by atoms with Crippen molar-refractivity contribution in [3.05, 3.63) is 70.4 Å². The van der Waals surface area contributed by atoms with Crippen molar-refractivity contribution in [2.24, 2.45) is 5.11 Å². The van der Waals surface area contributed by atoms with Gasteiger partial charge in [0.1, 0.15) is 5.69 Å². The van der Waals surface area contributed by atoms with Crippen LogP contribution >= 0.6 is 0 Å². The lowest BCUT2D eigenvalue weighted by Crippen LogP contribution is -2.23. The van der Waals surface area contributed by atoms with Gasteiger partial charge in [-0.25, -0.2) is 0 Å². The Balaban J connectivity index is 2.04. The van der Waals surface area contributed by atoms with Gasteiger partial charge in [0, 0.05) is 23.3 Å². The van der Waals surface area contributed by atoms with Gasteiger partial charge in [0.05, 0.1) is 0 Å². The fourth-order valence-electron chi connectivity index (χ4n) is 1.53. The number of carbonyl (C=O) groups is 1. The average molecular weight is 253 g/mol. The number of pyridine rings is 1. The van der Waals surface area contributed by atoms with Crippen molar-refractivity contribution in [2.45, 2.75) is 6.54 Å². The zero-order valence-electron chi connectivity index (χ0n) is 10.0. The standard InChI is InChI=1S/C13H11N5O/c14-18-17-11-6-7-15-12(8-11)13(19)16-9-10-4-2-1-3-5-10/h1-8H,9H2,(H,16,19). The zero-order chi connectivity index (χ0) is 13.5. The van der Waals surface area contributed by atoms with Crippen LogP contribution < -0.4 is 5.32 Å². The number of hydrogen-bond acceptors (Lipinski definition) is 3. The van der Waals surface area contributed by atoms with E-state index in [2.05, 4.69) is 20.3 Å². The van der Waals surface area contributed by atoms with E-state index in [1.54, 1.807) is 0 Å². The molecule has 0 atom stereocenters. The predicted octanol–water partition coefficient (Wildman–Crippen LogP) is 2.95. The number of nitrogens with one attached hydrogen (secondary N) is 1. The number of azide groups is 1. The second kappa shape index (κ2) is 6.18. The molecule has 19 heavy (non-hydrogen) atoms. The molecule has 1 amide bonds. The number of amides is 1. The molecule has 0 aliphatic rings. The summed E-state index contributed by atoms with van der Waals surface area (Å²) in [7, 11) is 0. The monoisotopic (exact) mass is 253 g/mol. The molecule has 1 heterocycles. The third-order valence-electron chi connectivity index (χ3n) is 2.43. The highest BCUT2D eigenvalue weighted by atomic mass is 16.1. The van der Waals surface area contributed by atoms with Gasteiger partial charge in [-0.2, -0.15) is 0 Å². The first-order chi connectivity index (χ1) is 9.29.